The van der Waals surface area contributed by atoms with Crippen molar-refractivity contribution < 1.29 is 0 Å². The summed E-state index contributed by atoms with van der Waals surface area (Å²) in [5, 5.41) is 7.19. The number of anilines is 2. The Balaban J connectivity index is 1.85. The summed E-state index contributed by atoms with van der Waals surface area (Å²) in [6.07, 6.45) is 5.56. The van der Waals surface area contributed by atoms with E-state index in [9.17, 15) is 0 Å². The molecule has 1 aliphatic carbocycles. The molecule has 1 heterocycles. The first-order valence-corrected chi connectivity index (χ1v) is 5.95. The van der Waals surface area contributed by atoms with E-state index < -0.39 is 0 Å². The van der Waals surface area contributed by atoms with Gasteiger partial charge >= 0.3 is 0 Å². The van der Waals surface area contributed by atoms with Crippen molar-refractivity contribution in [2.45, 2.75) is 25.7 Å². The van der Waals surface area contributed by atoms with Crippen LogP contribution in [0.3, 0.4) is 0 Å². The lowest BCUT2D eigenvalue weighted by Crippen LogP contribution is -2.31. The van der Waals surface area contributed by atoms with E-state index in [1.54, 1.807) is 0 Å². The van der Waals surface area contributed by atoms with Gasteiger partial charge in [-0.2, -0.15) is 0 Å². The largest absolute Gasteiger partial charge is 0.383 e. The highest BCUT2D eigenvalue weighted by atomic mass is 15.0. The zero-order valence-corrected chi connectivity index (χ0v) is 9.05. The molecule has 1 aromatic rings. The summed E-state index contributed by atoms with van der Waals surface area (Å²) in [5.74, 6) is 0. The van der Waals surface area contributed by atoms with Gasteiger partial charge in [-0.05, 0) is 25.0 Å². The molecule has 0 amide bonds. The van der Waals surface area contributed by atoms with Gasteiger partial charge < -0.3 is 10.6 Å². The molecule has 0 radical (unpaired) electrons. The highest BCUT2D eigenvalue weighted by Gasteiger charge is 2.35. The number of nitrogens with one attached hydrogen (secondary N) is 2. The van der Waals surface area contributed by atoms with E-state index >= 15 is 0 Å². The minimum absolute atomic E-state index is 0.513. The van der Waals surface area contributed by atoms with Crippen LogP contribution in [0.2, 0.25) is 0 Å². The van der Waals surface area contributed by atoms with Gasteiger partial charge in [0.25, 0.3) is 0 Å². The number of hydrogen-bond donors (Lipinski definition) is 2. The highest BCUT2D eigenvalue weighted by molar-refractivity contribution is 5.69. The minimum atomic E-state index is 0.513. The van der Waals surface area contributed by atoms with Crippen molar-refractivity contribution in [3.63, 3.8) is 0 Å². The van der Waals surface area contributed by atoms with Crippen molar-refractivity contribution in [1.29, 1.82) is 0 Å². The highest BCUT2D eigenvalue weighted by Crippen LogP contribution is 2.40. The molecule has 0 atom stereocenters. The van der Waals surface area contributed by atoms with E-state index in [1.807, 2.05) is 0 Å². The Morgan fingerprint density at radius 2 is 1.40 bits per heavy atom. The molecule has 3 rings (SSSR count). The minimum Gasteiger partial charge on any atom is -0.383 e. The number of para-hydroxylation sites is 2. The van der Waals surface area contributed by atoms with E-state index in [2.05, 4.69) is 34.9 Å². The molecule has 1 aromatic carbocycles. The van der Waals surface area contributed by atoms with Crippen LogP contribution in [0.4, 0.5) is 11.4 Å². The maximum atomic E-state index is 3.60. The second-order valence-electron chi connectivity index (χ2n) is 4.96. The molecule has 0 saturated heterocycles. The Kier molecular flexibility index (Phi) is 2.08. The predicted molar refractivity (Wildman–Crippen MR) is 64.3 cm³/mol. The molecule has 1 spiro atoms. The average Bonchev–Trinajstić information content (AvgIpc) is 2.65. The van der Waals surface area contributed by atoms with Crippen molar-refractivity contribution in [2.24, 2.45) is 5.41 Å². The molecule has 2 heteroatoms. The monoisotopic (exact) mass is 202 g/mol. The molecule has 1 fully saturated rings. The Bertz CT molecular complexity index is 324. The van der Waals surface area contributed by atoms with Crippen LogP contribution >= 0.6 is 0 Å². The number of hydrogen-bond acceptors (Lipinski definition) is 2. The second kappa shape index (κ2) is 3.44. The van der Waals surface area contributed by atoms with Gasteiger partial charge in [-0.3, -0.25) is 0 Å². The van der Waals surface area contributed by atoms with Crippen molar-refractivity contribution in [3.8, 4) is 0 Å². The van der Waals surface area contributed by atoms with Crippen LogP contribution in [-0.4, -0.2) is 13.1 Å². The standard InChI is InChI=1S/C13H18N2/c1-2-6-12-11(5-1)14-9-13(10-15-12)7-3-4-8-13/h1-2,5-6,14-15H,3-4,7-10H2. The van der Waals surface area contributed by atoms with Crippen molar-refractivity contribution >= 4 is 11.4 Å². The molecule has 1 saturated carbocycles. The van der Waals surface area contributed by atoms with Crippen LogP contribution in [-0.2, 0) is 0 Å². The molecule has 0 unspecified atom stereocenters. The summed E-state index contributed by atoms with van der Waals surface area (Å²) in [6, 6.07) is 8.52. The van der Waals surface area contributed by atoms with Gasteiger partial charge in [0.2, 0.25) is 0 Å². The molecule has 1 aliphatic heterocycles. The van der Waals surface area contributed by atoms with Gasteiger partial charge in [-0.15, -0.1) is 0 Å². The maximum Gasteiger partial charge on any atom is 0.0576 e. The van der Waals surface area contributed by atoms with Gasteiger partial charge in [-0.1, -0.05) is 25.0 Å². The molecule has 2 nitrogen and oxygen atoms in total. The fourth-order valence-electron chi connectivity index (χ4n) is 2.90. The van der Waals surface area contributed by atoms with Gasteiger partial charge in [0.05, 0.1) is 11.4 Å². The van der Waals surface area contributed by atoms with E-state index in [0.717, 1.165) is 13.1 Å². The number of benzene rings is 1. The van der Waals surface area contributed by atoms with Crippen LogP contribution in [0.1, 0.15) is 25.7 Å². The molecule has 2 aliphatic rings. The van der Waals surface area contributed by atoms with Gasteiger partial charge in [0, 0.05) is 18.5 Å². The third-order valence-corrected chi connectivity index (χ3v) is 3.90. The SMILES string of the molecule is c1ccc2c(c1)NCC1(CCCC1)CN2. The molecule has 80 valence electrons. The summed E-state index contributed by atoms with van der Waals surface area (Å²) >= 11 is 0. The van der Waals surface area contributed by atoms with E-state index in [4.69, 9.17) is 0 Å². The summed E-state index contributed by atoms with van der Waals surface area (Å²) in [5.41, 5.74) is 3.04. The summed E-state index contributed by atoms with van der Waals surface area (Å²) < 4.78 is 0. The predicted octanol–water partition coefficient (Wildman–Crippen LogP) is 3.08. The Labute approximate surface area is 91.1 Å². The molecule has 0 aromatic heterocycles. The Hall–Kier alpha value is -1.18. The number of rotatable bonds is 0. The molecule has 15 heavy (non-hydrogen) atoms. The Morgan fingerprint density at radius 1 is 0.867 bits per heavy atom. The van der Waals surface area contributed by atoms with E-state index in [-0.39, 0.29) is 0 Å². The molecular weight excluding hydrogens is 184 g/mol. The van der Waals surface area contributed by atoms with Crippen LogP contribution in [0.25, 0.3) is 0 Å². The van der Waals surface area contributed by atoms with Crippen LogP contribution < -0.4 is 10.6 Å². The smallest absolute Gasteiger partial charge is 0.0576 e. The summed E-state index contributed by atoms with van der Waals surface area (Å²) in [7, 11) is 0. The van der Waals surface area contributed by atoms with E-state index in [1.165, 1.54) is 37.1 Å². The quantitative estimate of drug-likeness (QED) is 0.675. The summed E-state index contributed by atoms with van der Waals surface area (Å²) in [4.78, 5) is 0. The third kappa shape index (κ3) is 1.58. The van der Waals surface area contributed by atoms with Gasteiger partial charge in [0.15, 0.2) is 0 Å². The lowest BCUT2D eigenvalue weighted by Gasteiger charge is -2.26. The second-order valence-corrected chi connectivity index (χ2v) is 4.96. The zero-order valence-electron chi connectivity index (χ0n) is 9.05. The fourth-order valence-corrected chi connectivity index (χ4v) is 2.90. The molecular formula is C13H18N2. The lowest BCUT2D eigenvalue weighted by atomic mass is 9.86. The average molecular weight is 202 g/mol. The van der Waals surface area contributed by atoms with Crippen LogP contribution in [0.5, 0.6) is 0 Å². The molecule has 2 N–H and O–H groups in total. The van der Waals surface area contributed by atoms with Crippen molar-refractivity contribution in [1.82, 2.24) is 0 Å². The maximum absolute atomic E-state index is 3.60. The lowest BCUT2D eigenvalue weighted by molar-refractivity contribution is 0.346. The van der Waals surface area contributed by atoms with Crippen LogP contribution in [0.15, 0.2) is 24.3 Å². The first kappa shape index (κ1) is 9.08. The first-order valence-electron chi connectivity index (χ1n) is 5.95. The van der Waals surface area contributed by atoms with Crippen molar-refractivity contribution in [3.05, 3.63) is 24.3 Å². The fraction of sp³-hybridized carbons (Fsp3) is 0.538. The first-order chi connectivity index (χ1) is 7.38. The number of fused-ring (bicyclic) bond motifs is 1. The zero-order chi connectivity index (χ0) is 10.1. The van der Waals surface area contributed by atoms with E-state index in [0.29, 0.717) is 5.41 Å². The van der Waals surface area contributed by atoms with Crippen molar-refractivity contribution in [2.75, 3.05) is 23.7 Å². The third-order valence-electron chi connectivity index (χ3n) is 3.90. The topological polar surface area (TPSA) is 24.1 Å². The molecule has 0 bridgehead atoms. The normalized spacial score (nSPS) is 22.7. The van der Waals surface area contributed by atoms with Gasteiger partial charge in [-0.25, -0.2) is 0 Å². The van der Waals surface area contributed by atoms with Gasteiger partial charge in [0.1, 0.15) is 0 Å². The Morgan fingerprint density at radius 3 is 1.93 bits per heavy atom. The van der Waals surface area contributed by atoms with Crippen LogP contribution in [0, 0.1) is 5.41 Å². The summed E-state index contributed by atoms with van der Waals surface area (Å²) in [6.45, 7) is 2.27.